The number of hydrogen-bond acceptors (Lipinski definition) is 2. The molecule has 0 radical (unpaired) electrons. The van der Waals surface area contributed by atoms with Crippen molar-refractivity contribution in [3.8, 4) is 0 Å². The molecule has 0 N–H and O–H groups in total. The van der Waals surface area contributed by atoms with Crippen LogP contribution >= 0.6 is 0 Å². The summed E-state index contributed by atoms with van der Waals surface area (Å²) in [5.74, 6) is 0.401. The van der Waals surface area contributed by atoms with Crippen LogP contribution in [0.1, 0.15) is 33.1 Å². The standard InChI is InChI=1S/C11H16O2/c1-8-7-9-5-3-4-6-11(9,2)10(12)13-8/h3,5,8-9H,4,6-7H2,1-2H3/t8-,9+,11+/m0/s1. The molecule has 2 nitrogen and oxygen atoms in total. The maximum Gasteiger partial charge on any atom is 0.312 e. The quantitative estimate of drug-likeness (QED) is 0.422. The molecular weight excluding hydrogens is 164 g/mol. The molecule has 0 aromatic heterocycles. The molecule has 0 spiro atoms. The van der Waals surface area contributed by atoms with Gasteiger partial charge < -0.3 is 4.74 Å². The molecule has 2 rings (SSSR count). The number of fused-ring (bicyclic) bond motifs is 1. The minimum atomic E-state index is -0.235. The van der Waals surface area contributed by atoms with E-state index in [1.807, 2.05) is 13.8 Å². The summed E-state index contributed by atoms with van der Waals surface area (Å²) in [5.41, 5.74) is -0.235. The molecular formula is C11H16O2. The second kappa shape index (κ2) is 2.86. The van der Waals surface area contributed by atoms with E-state index in [1.165, 1.54) is 0 Å². The van der Waals surface area contributed by atoms with Gasteiger partial charge in [0.15, 0.2) is 0 Å². The Bertz CT molecular complexity index is 257. The zero-order chi connectivity index (χ0) is 9.47. The molecule has 13 heavy (non-hydrogen) atoms. The maximum absolute atomic E-state index is 11.7. The molecule has 0 aromatic rings. The Labute approximate surface area is 79.0 Å². The number of cyclic esters (lactones) is 1. The van der Waals surface area contributed by atoms with Gasteiger partial charge in [0, 0.05) is 0 Å². The summed E-state index contributed by atoms with van der Waals surface area (Å²) in [7, 11) is 0. The molecule has 0 aromatic carbocycles. The van der Waals surface area contributed by atoms with Gasteiger partial charge in [0.25, 0.3) is 0 Å². The van der Waals surface area contributed by atoms with Crippen LogP contribution in [0.4, 0.5) is 0 Å². The van der Waals surface area contributed by atoms with Crippen molar-refractivity contribution in [1.82, 2.24) is 0 Å². The van der Waals surface area contributed by atoms with Gasteiger partial charge in [0.2, 0.25) is 0 Å². The molecule has 3 atom stereocenters. The summed E-state index contributed by atoms with van der Waals surface area (Å²) in [6.07, 6.45) is 7.42. The van der Waals surface area contributed by atoms with Crippen LogP contribution in [0.3, 0.4) is 0 Å². The van der Waals surface area contributed by atoms with Gasteiger partial charge in [-0.25, -0.2) is 0 Å². The molecule has 1 aliphatic carbocycles. The average Bonchev–Trinajstić information content (AvgIpc) is 2.07. The molecule has 2 aliphatic rings. The molecule has 0 unspecified atom stereocenters. The topological polar surface area (TPSA) is 26.3 Å². The maximum atomic E-state index is 11.7. The highest BCUT2D eigenvalue weighted by Gasteiger charge is 2.46. The van der Waals surface area contributed by atoms with Crippen molar-refractivity contribution in [2.24, 2.45) is 11.3 Å². The van der Waals surface area contributed by atoms with Crippen molar-refractivity contribution in [3.05, 3.63) is 12.2 Å². The second-order valence-electron chi connectivity index (χ2n) is 4.44. The van der Waals surface area contributed by atoms with Gasteiger partial charge in [-0.05, 0) is 39.0 Å². The first kappa shape index (κ1) is 8.79. The van der Waals surface area contributed by atoms with E-state index in [1.54, 1.807) is 0 Å². The lowest BCUT2D eigenvalue weighted by molar-refractivity contribution is -0.173. The zero-order valence-electron chi connectivity index (χ0n) is 8.25. The summed E-state index contributed by atoms with van der Waals surface area (Å²) in [6.45, 7) is 4.01. The van der Waals surface area contributed by atoms with Crippen molar-refractivity contribution >= 4 is 5.97 Å². The first-order chi connectivity index (χ1) is 6.13. The fourth-order valence-electron chi connectivity index (χ4n) is 2.36. The molecule has 0 amide bonds. The van der Waals surface area contributed by atoms with Crippen LogP contribution in [0.25, 0.3) is 0 Å². The van der Waals surface area contributed by atoms with Gasteiger partial charge in [0.05, 0.1) is 11.5 Å². The number of allylic oxidation sites excluding steroid dienone is 2. The number of carbonyl (C=O) groups excluding carboxylic acids is 1. The largest absolute Gasteiger partial charge is 0.462 e. The third-order valence-corrected chi connectivity index (χ3v) is 3.38. The highest BCUT2D eigenvalue weighted by molar-refractivity contribution is 5.78. The number of esters is 1. The lowest BCUT2D eigenvalue weighted by Gasteiger charge is -2.42. The first-order valence-corrected chi connectivity index (χ1v) is 5.00. The van der Waals surface area contributed by atoms with Gasteiger partial charge in [-0.2, -0.15) is 0 Å². The third-order valence-electron chi connectivity index (χ3n) is 3.38. The van der Waals surface area contributed by atoms with Gasteiger partial charge in [-0.1, -0.05) is 12.2 Å². The normalized spacial score (nSPS) is 44.0. The van der Waals surface area contributed by atoms with E-state index in [0.29, 0.717) is 5.92 Å². The lowest BCUT2D eigenvalue weighted by Crippen LogP contribution is -2.45. The SMILES string of the molecule is C[C@H]1C[C@H]2C=CCC[C@@]2(C)C(=O)O1. The summed E-state index contributed by atoms with van der Waals surface area (Å²) in [4.78, 5) is 11.7. The van der Waals surface area contributed by atoms with E-state index in [0.717, 1.165) is 19.3 Å². The Hall–Kier alpha value is -0.790. The predicted molar refractivity (Wildman–Crippen MR) is 50.1 cm³/mol. The minimum Gasteiger partial charge on any atom is -0.462 e. The molecule has 2 heteroatoms. The van der Waals surface area contributed by atoms with Crippen molar-refractivity contribution < 1.29 is 9.53 Å². The predicted octanol–water partition coefficient (Wildman–Crippen LogP) is 2.29. The molecule has 1 fully saturated rings. The van der Waals surface area contributed by atoms with Crippen molar-refractivity contribution in [2.75, 3.05) is 0 Å². The van der Waals surface area contributed by atoms with Crippen molar-refractivity contribution in [1.29, 1.82) is 0 Å². The van der Waals surface area contributed by atoms with Gasteiger partial charge in [-0.3, -0.25) is 4.79 Å². The van der Waals surface area contributed by atoms with Crippen LogP contribution in [0, 0.1) is 11.3 Å². The smallest absolute Gasteiger partial charge is 0.312 e. The van der Waals surface area contributed by atoms with Crippen molar-refractivity contribution in [2.45, 2.75) is 39.2 Å². The van der Waals surface area contributed by atoms with Gasteiger partial charge in [0.1, 0.15) is 0 Å². The van der Waals surface area contributed by atoms with Crippen LogP contribution in [-0.2, 0) is 9.53 Å². The summed E-state index contributed by atoms with van der Waals surface area (Å²) in [6, 6.07) is 0. The summed E-state index contributed by atoms with van der Waals surface area (Å²) < 4.78 is 5.29. The molecule has 1 aliphatic heterocycles. The fraction of sp³-hybridized carbons (Fsp3) is 0.727. The molecule has 0 bridgehead atoms. The number of carbonyl (C=O) groups is 1. The van der Waals surface area contributed by atoms with E-state index in [4.69, 9.17) is 4.74 Å². The van der Waals surface area contributed by atoms with E-state index in [2.05, 4.69) is 12.2 Å². The van der Waals surface area contributed by atoms with E-state index in [-0.39, 0.29) is 17.5 Å². The average molecular weight is 180 g/mol. The number of hydrogen-bond donors (Lipinski definition) is 0. The van der Waals surface area contributed by atoms with Crippen LogP contribution in [0.5, 0.6) is 0 Å². The lowest BCUT2D eigenvalue weighted by atomic mass is 9.67. The Morgan fingerprint density at radius 1 is 1.62 bits per heavy atom. The van der Waals surface area contributed by atoms with Crippen LogP contribution in [0.15, 0.2) is 12.2 Å². The molecule has 0 saturated carbocycles. The molecule has 1 heterocycles. The van der Waals surface area contributed by atoms with Gasteiger partial charge >= 0.3 is 5.97 Å². The Kier molecular flexibility index (Phi) is 1.94. The minimum absolute atomic E-state index is 0.000556. The van der Waals surface area contributed by atoms with E-state index in [9.17, 15) is 4.79 Å². The third kappa shape index (κ3) is 1.28. The second-order valence-corrected chi connectivity index (χ2v) is 4.44. The van der Waals surface area contributed by atoms with Crippen LogP contribution in [0.2, 0.25) is 0 Å². The summed E-state index contributed by atoms with van der Waals surface area (Å²) in [5, 5.41) is 0. The van der Waals surface area contributed by atoms with Crippen LogP contribution < -0.4 is 0 Å². The highest BCUT2D eigenvalue weighted by atomic mass is 16.5. The molecule has 72 valence electrons. The Morgan fingerprint density at radius 2 is 2.38 bits per heavy atom. The number of ether oxygens (including phenoxy) is 1. The molecule has 1 saturated heterocycles. The zero-order valence-corrected chi connectivity index (χ0v) is 8.25. The van der Waals surface area contributed by atoms with Crippen LogP contribution in [-0.4, -0.2) is 12.1 Å². The monoisotopic (exact) mass is 180 g/mol. The van der Waals surface area contributed by atoms with E-state index < -0.39 is 0 Å². The first-order valence-electron chi connectivity index (χ1n) is 5.00. The number of rotatable bonds is 0. The Morgan fingerprint density at radius 3 is 3.15 bits per heavy atom. The van der Waals surface area contributed by atoms with Crippen molar-refractivity contribution in [3.63, 3.8) is 0 Å². The Balaban J connectivity index is 2.28. The fourth-order valence-corrected chi connectivity index (χ4v) is 2.36. The van der Waals surface area contributed by atoms with Gasteiger partial charge in [-0.15, -0.1) is 0 Å². The van der Waals surface area contributed by atoms with E-state index >= 15 is 0 Å². The summed E-state index contributed by atoms with van der Waals surface area (Å²) >= 11 is 0. The highest BCUT2D eigenvalue weighted by Crippen LogP contribution is 2.44.